The molecule has 19 heteroatoms. The van der Waals surface area contributed by atoms with Crippen LogP contribution in [-0.4, -0.2) is 67.2 Å². The number of nitrogens with one attached hydrogen (secondary N) is 2. The summed E-state index contributed by atoms with van der Waals surface area (Å²) in [5, 5.41) is 13.6. The highest BCUT2D eigenvalue weighted by atomic mass is 31.2. The van der Waals surface area contributed by atoms with E-state index >= 15 is 0 Å². The molecule has 0 spiro atoms. The fraction of sp³-hybridized carbons (Fsp3) is 0.273. The van der Waals surface area contributed by atoms with Crippen LogP contribution in [0, 0.1) is 0 Å². The van der Waals surface area contributed by atoms with Crippen LogP contribution in [0.3, 0.4) is 0 Å². The zero-order valence-electron chi connectivity index (χ0n) is 20.4. The van der Waals surface area contributed by atoms with Gasteiger partial charge < -0.3 is 42.7 Å². The Balaban J connectivity index is 1.12. The monoisotopic (exact) mass is 594 g/mol. The number of aliphatic hydroxyl groups excluding tert-OH is 1. The van der Waals surface area contributed by atoms with Crippen LogP contribution in [0.15, 0.2) is 55.1 Å². The maximum absolute atomic E-state index is 12.4. The van der Waals surface area contributed by atoms with E-state index in [9.17, 15) is 33.8 Å². The first kappa shape index (κ1) is 26.8. The van der Waals surface area contributed by atoms with E-state index in [1.54, 1.807) is 18.2 Å². The Morgan fingerprint density at radius 2 is 1.98 bits per heavy atom. The summed E-state index contributed by atoms with van der Waals surface area (Å²) in [4.78, 5) is 60.4. The molecular formula is C22H19N4O14P. The van der Waals surface area contributed by atoms with Gasteiger partial charge in [-0.2, -0.15) is 0 Å². The lowest BCUT2D eigenvalue weighted by Crippen LogP contribution is -2.39. The molecule has 1 aromatic carbocycles. The van der Waals surface area contributed by atoms with E-state index < -0.39 is 56.3 Å². The minimum Gasteiger partial charge on any atom is -0.454 e. The molecule has 5 N–H and O–H groups in total. The highest BCUT2D eigenvalue weighted by Crippen LogP contribution is 2.44. The quantitative estimate of drug-likeness (QED) is 0.184. The van der Waals surface area contributed by atoms with Crippen LogP contribution in [-0.2, 0) is 18.6 Å². The van der Waals surface area contributed by atoms with Gasteiger partial charge in [-0.05, 0) is 12.1 Å². The maximum Gasteiger partial charge on any atom is 0.470 e. The van der Waals surface area contributed by atoms with E-state index in [0.717, 1.165) is 16.8 Å². The molecule has 5 heterocycles. The Morgan fingerprint density at radius 3 is 2.73 bits per heavy atom. The molecule has 18 nitrogen and oxygen atoms in total. The Hall–Kier alpha value is -4.45. The fourth-order valence-corrected chi connectivity index (χ4v) is 4.85. The molecule has 0 radical (unpaired) electrons. The largest absolute Gasteiger partial charge is 0.470 e. The second-order valence-corrected chi connectivity index (χ2v) is 9.93. The van der Waals surface area contributed by atoms with E-state index in [1.807, 2.05) is 4.98 Å². The second-order valence-electron chi connectivity index (χ2n) is 8.74. The van der Waals surface area contributed by atoms with Crippen molar-refractivity contribution in [2.45, 2.75) is 24.5 Å². The standard InChI is InChI=1S/C22H19N4O14P/c27-15-1-2-26(21(29)24-15)20-17(28)18(40-41(31,32)33)14(38-20)7-34-22(30)25-16-6-23-19(39-16)13-4-9-3-11-12(36-8-35-11)5-10(9)37-13/h1-6,14,17-18,20,28H,7-8H2,(H,25,30)(H,24,27,29)(H2,31,32,33)/t14-,17-,18-,20-/m1/s1. The summed E-state index contributed by atoms with van der Waals surface area (Å²) < 4.78 is 49.4. The summed E-state index contributed by atoms with van der Waals surface area (Å²) in [5.74, 6) is 1.24. The Kier molecular flexibility index (Phi) is 6.65. The highest BCUT2D eigenvalue weighted by Gasteiger charge is 2.49. The average Bonchev–Trinajstić information content (AvgIpc) is 3.68. The first-order valence-corrected chi connectivity index (χ1v) is 13.2. The third-order valence-electron chi connectivity index (χ3n) is 6.03. The van der Waals surface area contributed by atoms with Gasteiger partial charge in [0.25, 0.3) is 11.4 Å². The van der Waals surface area contributed by atoms with Crippen LogP contribution in [0.1, 0.15) is 6.23 Å². The number of aromatic amines is 1. The summed E-state index contributed by atoms with van der Waals surface area (Å²) in [5.41, 5.74) is -1.20. The number of aromatic nitrogens is 3. The van der Waals surface area contributed by atoms with E-state index in [-0.39, 0.29) is 24.3 Å². The van der Waals surface area contributed by atoms with Crippen molar-refractivity contribution >= 4 is 30.8 Å². The number of benzene rings is 1. The number of hydrogen-bond donors (Lipinski definition) is 5. The molecule has 1 saturated heterocycles. The van der Waals surface area contributed by atoms with Gasteiger partial charge in [0.2, 0.25) is 12.7 Å². The molecule has 41 heavy (non-hydrogen) atoms. The number of ether oxygens (including phenoxy) is 4. The van der Waals surface area contributed by atoms with Gasteiger partial charge in [-0.15, -0.1) is 0 Å². The smallest absolute Gasteiger partial charge is 0.454 e. The van der Waals surface area contributed by atoms with Crippen LogP contribution in [0.5, 0.6) is 11.5 Å². The third kappa shape index (κ3) is 5.47. The van der Waals surface area contributed by atoms with Crippen molar-refractivity contribution in [2.24, 2.45) is 0 Å². The average molecular weight is 594 g/mol. The Bertz CT molecular complexity index is 1750. The van der Waals surface area contributed by atoms with Crippen molar-refractivity contribution < 1.29 is 56.6 Å². The maximum atomic E-state index is 12.4. The van der Waals surface area contributed by atoms with E-state index in [4.69, 9.17) is 27.8 Å². The van der Waals surface area contributed by atoms with Crippen molar-refractivity contribution in [1.82, 2.24) is 14.5 Å². The zero-order chi connectivity index (χ0) is 28.9. The second kappa shape index (κ2) is 10.2. The molecule has 216 valence electrons. The topological polar surface area (TPSA) is 247 Å². The van der Waals surface area contributed by atoms with Gasteiger partial charge in [-0.1, -0.05) is 0 Å². The number of H-pyrrole nitrogens is 1. The third-order valence-corrected chi connectivity index (χ3v) is 6.54. The van der Waals surface area contributed by atoms with Crippen LogP contribution in [0.25, 0.3) is 22.6 Å². The van der Waals surface area contributed by atoms with Crippen LogP contribution < -0.4 is 26.0 Å². The molecule has 0 aliphatic carbocycles. The summed E-state index contributed by atoms with van der Waals surface area (Å²) in [6.45, 7) is -0.568. The van der Waals surface area contributed by atoms with Gasteiger partial charge in [0.05, 0.1) is 6.20 Å². The van der Waals surface area contributed by atoms with Gasteiger partial charge in [-0.3, -0.25) is 24.2 Å². The van der Waals surface area contributed by atoms with Gasteiger partial charge in [0, 0.05) is 23.7 Å². The summed E-state index contributed by atoms with van der Waals surface area (Å²) in [6.07, 6.45) is -5.39. The number of amides is 1. The predicted octanol–water partition coefficient (Wildman–Crippen LogP) is 0.651. The minimum absolute atomic E-state index is 0.0324. The number of rotatable bonds is 7. The molecule has 2 aliphatic heterocycles. The first-order chi connectivity index (χ1) is 19.5. The number of nitrogens with zero attached hydrogens (tertiary/aromatic N) is 2. The molecule has 1 fully saturated rings. The number of carbonyl (C=O) groups excluding carboxylic acids is 1. The molecule has 0 unspecified atom stereocenters. The van der Waals surface area contributed by atoms with E-state index in [2.05, 4.69) is 14.8 Å². The van der Waals surface area contributed by atoms with E-state index in [1.165, 1.54) is 6.20 Å². The number of phosphoric ester groups is 1. The lowest BCUT2D eigenvalue weighted by Gasteiger charge is -2.20. The van der Waals surface area contributed by atoms with Gasteiger partial charge in [0.15, 0.2) is 23.5 Å². The van der Waals surface area contributed by atoms with Crippen LogP contribution in [0.2, 0.25) is 0 Å². The lowest BCUT2D eigenvalue weighted by molar-refractivity contribution is -0.0559. The van der Waals surface area contributed by atoms with E-state index in [0.29, 0.717) is 22.5 Å². The van der Waals surface area contributed by atoms with Crippen LogP contribution in [0.4, 0.5) is 10.7 Å². The number of furan rings is 1. The van der Waals surface area contributed by atoms with Crippen molar-refractivity contribution in [1.29, 1.82) is 0 Å². The molecule has 0 saturated carbocycles. The number of hydrogen-bond acceptors (Lipinski definition) is 13. The first-order valence-electron chi connectivity index (χ1n) is 11.7. The number of oxazole rings is 1. The predicted molar refractivity (Wildman–Crippen MR) is 131 cm³/mol. The normalized spacial score (nSPS) is 21.8. The Morgan fingerprint density at radius 1 is 1.20 bits per heavy atom. The van der Waals surface area contributed by atoms with Gasteiger partial charge in [0.1, 0.15) is 30.5 Å². The minimum atomic E-state index is -5.16. The number of phosphoric acid groups is 1. The Labute approximate surface area is 226 Å². The summed E-state index contributed by atoms with van der Waals surface area (Å²) in [6, 6.07) is 6.01. The van der Waals surface area contributed by atoms with Crippen molar-refractivity contribution in [2.75, 3.05) is 18.7 Å². The summed E-state index contributed by atoms with van der Waals surface area (Å²) >= 11 is 0. The highest BCUT2D eigenvalue weighted by molar-refractivity contribution is 7.46. The molecule has 1 amide bonds. The zero-order valence-corrected chi connectivity index (χ0v) is 21.3. The molecule has 4 atom stereocenters. The van der Waals surface area contributed by atoms with Gasteiger partial charge in [-0.25, -0.2) is 19.1 Å². The van der Waals surface area contributed by atoms with Crippen molar-refractivity contribution in [3.8, 4) is 23.1 Å². The van der Waals surface area contributed by atoms with Gasteiger partial charge >= 0.3 is 19.6 Å². The number of carbonyl (C=O) groups is 1. The number of fused-ring (bicyclic) bond motifs is 2. The number of aliphatic hydroxyl groups is 1. The lowest BCUT2D eigenvalue weighted by atomic mass is 10.1. The molecule has 3 aromatic heterocycles. The van der Waals surface area contributed by atoms with Crippen molar-refractivity contribution in [3.05, 3.63) is 57.5 Å². The SMILES string of the molecule is O=C(Nc1cnc(-c2cc3cc4c(cc3o2)OCO4)o1)OC[C@H]1O[C@@H](n2ccc(=O)[nH]c2=O)[C@H](O)[C@@H]1OP(=O)(O)O. The molecule has 4 aromatic rings. The molecule has 0 bridgehead atoms. The molecular weight excluding hydrogens is 575 g/mol. The summed E-state index contributed by atoms with van der Waals surface area (Å²) in [7, 11) is -5.16. The fourth-order valence-electron chi connectivity index (χ4n) is 4.28. The molecule has 2 aliphatic rings. The number of anilines is 1. The van der Waals surface area contributed by atoms with Crippen molar-refractivity contribution in [3.63, 3.8) is 0 Å². The molecule has 6 rings (SSSR count). The van der Waals surface area contributed by atoms with Crippen LogP contribution >= 0.6 is 7.82 Å².